The lowest BCUT2D eigenvalue weighted by atomic mass is 9.91. The zero-order valence-electron chi connectivity index (χ0n) is 22.4. The monoisotopic (exact) mass is 527 g/mol. The lowest BCUT2D eigenvalue weighted by Crippen LogP contribution is -2.48. The highest BCUT2D eigenvalue weighted by Gasteiger charge is 2.38. The molecule has 3 amide bonds. The number of unbranched alkanes of at least 4 members (excludes halogenated alkanes) is 1. The highest BCUT2D eigenvalue weighted by atomic mass is 16.5. The highest BCUT2D eigenvalue weighted by molar-refractivity contribution is 6.06. The largest absolute Gasteiger partial charge is 0.497 e. The number of methoxy groups -OCH3 is 1. The van der Waals surface area contributed by atoms with Gasteiger partial charge in [-0.2, -0.15) is 0 Å². The first-order valence-electron chi connectivity index (χ1n) is 13.1. The summed E-state index contributed by atoms with van der Waals surface area (Å²) in [4.78, 5) is 41.4. The van der Waals surface area contributed by atoms with Gasteiger partial charge in [0.25, 0.3) is 5.91 Å². The van der Waals surface area contributed by atoms with Gasteiger partial charge in [-0.3, -0.25) is 9.69 Å². The lowest BCUT2D eigenvalue weighted by Gasteiger charge is -2.37. The molecule has 8 nitrogen and oxygen atoms in total. The topological polar surface area (TPSA) is 97.0 Å². The predicted octanol–water partition coefficient (Wildman–Crippen LogP) is 5.79. The minimum atomic E-state index is -0.775. The Bertz CT molecular complexity index is 1350. The number of urea groups is 1. The number of esters is 1. The standard InChI is InChI=1S/C31H33N3O5/c1-4-6-19-34-28(21-11-8-7-9-12-21)26(30(36)39-5-2)27(33-31(34)37)23-13-10-14-24(20-23)32-29(35)22-15-17-25(38-3)18-16-22/h7-18,20,27H,4-6,19H2,1-3H3,(H,32,35)(H,33,37). The number of ether oxygens (including phenoxy) is 2. The fourth-order valence-electron chi connectivity index (χ4n) is 4.51. The normalized spacial score (nSPS) is 15.0. The molecule has 0 saturated heterocycles. The molecule has 0 fully saturated rings. The molecule has 4 rings (SSSR count). The SMILES string of the molecule is CCCCN1C(=O)NC(c2cccc(NC(=O)c3ccc(OC)cc3)c2)C(C(=O)OCC)=C1c1ccccc1. The molecule has 0 spiro atoms. The molecule has 0 radical (unpaired) electrons. The van der Waals surface area contributed by atoms with Crippen LogP contribution in [-0.2, 0) is 9.53 Å². The Kier molecular flexibility index (Phi) is 8.99. The molecular weight excluding hydrogens is 494 g/mol. The first kappa shape index (κ1) is 27.4. The van der Waals surface area contributed by atoms with Crippen LogP contribution in [0.25, 0.3) is 5.70 Å². The van der Waals surface area contributed by atoms with E-state index in [4.69, 9.17) is 9.47 Å². The third-order valence-corrected chi connectivity index (χ3v) is 6.43. The summed E-state index contributed by atoms with van der Waals surface area (Å²) < 4.78 is 10.7. The van der Waals surface area contributed by atoms with Gasteiger partial charge in [0.1, 0.15) is 5.75 Å². The van der Waals surface area contributed by atoms with Gasteiger partial charge < -0.3 is 20.1 Å². The zero-order valence-corrected chi connectivity index (χ0v) is 22.4. The average Bonchev–Trinajstić information content (AvgIpc) is 2.96. The predicted molar refractivity (Wildman–Crippen MR) is 150 cm³/mol. The van der Waals surface area contributed by atoms with E-state index in [1.54, 1.807) is 61.4 Å². The first-order valence-corrected chi connectivity index (χ1v) is 13.1. The summed E-state index contributed by atoms with van der Waals surface area (Å²) in [7, 11) is 1.57. The summed E-state index contributed by atoms with van der Waals surface area (Å²) in [5.41, 5.74) is 3.27. The molecule has 202 valence electrons. The van der Waals surface area contributed by atoms with Crippen LogP contribution in [-0.4, -0.2) is 43.1 Å². The number of nitrogens with one attached hydrogen (secondary N) is 2. The van der Waals surface area contributed by atoms with E-state index in [1.165, 1.54) is 0 Å². The summed E-state index contributed by atoms with van der Waals surface area (Å²) in [5.74, 6) is -0.142. The second-order valence-electron chi connectivity index (χ2n) is 9.04. The fraction of sp³-hybridized carbons (Fsp3) is 0.258. The summed E-state index contributed by atoms with van der Waals surface area (Å²) in [6.45, 7) is 4.45. The van der Waals surface area contributed by atoms with E-state index in [1.807, 2.05) is 36.4 Å². The summed E-state index contributed by atoms with van der Waals surface area (Å²) in [5, 5.41) is 5.91. The number of hydrogen-bond donors (Lipinski definition) is 2. The molecule has 8 heteroatoms. The van der Waals surface area contributed by atoms with Crippen molar-refractivity contribution in [2.24, 2.45) is 0 Å². The van der Waals surface area contributed by atoms with Gasteiger partial charge in [0.05, 0.1) is 31.0 Å². The quantitative estimate of drug-likeness (QED) is 0.326. The minimum absolute atomic E-state index is 0.192. The maximum atomic E-state index is 13.5. The Morgan fingerprint density at radius 2 is 1.72 bits per heavy atom. The molecule has 3 aromatic carbocycles. The van der Waals surface area contributed by atoms with Crippen molar-refractivity contribution in [2.75, 3.05) is 25.6 Å². The molecule has 1 aliphatic heterocycles. The Labute approximate surface area is 228 Å². The van der Waals surface area contributed by atoms with E-state index >= 15 is 0 Å². The van der Waals surface area contributed by atoms with Crippen molar-refractivity contribution in [3.8, 4) is 5.75 Å². The smallest absolute Gasteiger partial charge is 0.338 e. The van der Waals surface area contributed by atoms with Crippen LogP contribution in [0.15, 0.2) is 84.4 Å². The molecular formula is C31H33N3O5. The molecule has 1 heterocycles. The van der Waals surface area contributed by atoms with Crippen molar-refractivity contribution in [1.29, 1.82) is 0 Å². The minimum Gasteiger partial charge on any atom is -0.497 e. The van der Waals surface area contributed by atoms with Crippen molar-refractivity contribution in [3.63, 3.8) is 0 Å². The number of benzene rings is 3. The van der Waals surface area contributed by atoms with Crippen LogP contribution in [0.2, 0.25) is 0 Å². The maximum absolute atomic E-state index is 13.5. The van der Waals surface area contributed by atoms with E-state index in [2.05, 4.69) is 17.6 Å². The zero-order chi connectivity index (χ0) is 27.8. The summed E-state index contributed by atoms with van der Waals surface area (Å²) in [6, 6.07) is 22.2. The molecule has 0 bridgehead atoms. The molecule has 1 aliphatic rings. The van der Waals surface area contributed by atoms with Crippen molar-refractivity contribution >= 4 is 29.3 Å². The number of amides is 3. The van der Waals surface area contributed by atoms with E-state index in [9.17, 15) is 14.4 Å². The maximum Gasteiger partial charge on any atom is 0.338 e. The van der Waals surface area contributed by atoms with Crippen molar-refractivity contribution in [1.82, 2.24) is 10.2 Å². The Morgan fingerprint density at radius 3 is 2.38 bits per heavy atom. The molecule has 39 heavy (non-hydrogen) atoms. The van der Waals surface area contributed by atoms with E-state index in [0.717, 1.165) is 18.4 Å². The van der Waals surface area contributed by atoms with Gasteiger partial charge in [-0.1, -0.05) is 55.8 Å². The fourth-order valence-corrected chi connectivity index (χ4v) is 4.51. The van der Waals surface area contributed by atoms with E-state index in [-0.39, 0.29) is 18.5 Å². The van der Waals surface area contributed by atoms with Gasteiger partial charge in [-0.05, 0) is 60.9 Å². The van der Waals surface area contributed by atoms with Crippen LogP contribution in [0, 0.1) is 0 Å². The molecule has 0 aliphatic carbocycles. The van der Waals surface area contributed by atoms with Gasteiger partial charge in [-0.15, -0.1) is 0 Å². The van der Waals surface area contributed by atoms with Gasteiger partial charge in [0.15, 0.2) is 0 Å². The van der Waals surface area contributed by atoms with E-state index in [0.29, 0.717) is 40.4 Å². The second kappa shape index (κ2) is 12.8. The van der Waals surface area contributed by atoms with Gasteiger partial charge in [-0.25, -0.2) is 9.59 Å². The van der Waals surface area contributed by atoms with Crippen LogP contribution in [0.4, 0.5) is 10.5 Å². The Morgan fingerprint density at radius 1 is 0.974 bits per heavy atom. The number of nitrogens with zero attached hydrogens (tertiary/aromatic N) is 1. The highest BCUT2D eigenvalue weighted by Crippen LogP contribution is 2.37. The summed E-state index contributed by atoms with van der Waals surface area (Å²) in [6.07, 6.45) is 1.66. The molecule has 2 N–H and O–H groups in total. The second-order valence-corrected chi connectivity index (χ2v) is 9.04. The van der Waals surface area contributed by atoms with Crippen LogP contribution < -0.4 is 15.4 Å². The number of carbonyl (C=O) groups excluding carboxylic acids is 3. The Hall–Kier alpha value is -4.59. The van der Waals surface area contributed by atoms with Crippen LogP contribution >= 0.6 is 0 Å². The first-order chi connectivity index (χ1) is 19.0. The number of hydrogen-bond acceptors (Lipinski definition) is 5. The van der Waals surface area contributed by atoms with Gasteiger partial charge >= 0.3 is 12.0 Å². The molecule has 3 aromatic rings. The van der Waals surface area contributed by atoms with Gasteiger partial charge in [0.2, 0.25) is 0 Å². The molecule has 1 unspecified atom stereocenters. The number of anilines is 1. The molecule has 1 atom stereocenters. The van der Waals surface area contributed by atoms with Crippen LogP contribution in [0.1, 0.15) is 54.2 Å². The van der Waals surface area contributed by atoms with Crippen LogP contribution in [0.5, 0.6) is 5.75 Å². The molecule has 0 aromatic heterocycles. The molecule has 0 saturated carbocycles. The van der Waals surface area contributed by atoms with E-state index < -0.39 is 12.0 Å². The third-order valence-electron chi connectivity index (χ3n) is 6.43. The summed E-state index contributed by atoms with van der Waals surface area (Å²) >= 11 is 0. The number of rotatable bonds is 10. The Balaban J connectivity index is 1.76. The van der Waals surface area contributed by atoms with Gasteiger partial charge in [0, 0.05) is 17.8 Å². The lowest BCUT2D eigenvalue weighted by molar-refractivity contribution is -0.138. The van der Waals surface area contributed by atoms with Crippen molar-refractivity contribution < 1.29 is 23.9 Å². The number of carbonyl (C=O) groups is 3. The van der Waals surface area contributed by atoms with Crippen LogP contribution in [0.3, 0.4) is 0 Å². The van der Waals surface area contributed by atoms with Crippen molar-refractivity contribution in [3.05, 3.63) is 101 Å². The van der Waals surface area contributed by atoms with Crippen molar-refractivity contribution in [2.45, 2.75) is 32.7 Å². The third kappa shape index (κ3) is 6.29. The average molecular weight is 528 g/mol.